The molecular weight excluding hydrogens is 630 g/mol. The summed E-state index contributed by atoms with van der Waals surface area (Å²) in [5.41, 5.74) is 1.24. The Morgan fingerprint density at radius 3 is 2.43 bits per heavy atom. The molecule has 0 aliphatic carbocycles. The molecular formula is C30H35BrF2N4O4S. The third kappa shape index (κ3) is 5.53. The van der Waals surface area contributed by atoms with Crippen LogP contribution in [0.3, 0.4) is 0 Å². The van der Waals surface area contributed by atoms with Crippen LogP contribution in [0.15, 0.2) is 32.4 Å². The molecule has 1 aromatic heterocycles. The SMILES string of the molecule is COC[C@H]1CSc2c(-c3cc(Br)c(F)cc3F)c(C)cc3c(N4C[C@@H](C)N(C(=O)OC(C)(C)C)[C@@H](C)C4)nc(=O)n1c23. The minimum absolute atomic E-state index is 0.155. The van der Waals surface area contributed by atoms with E-state index in [-0.39, 0.29) is 34.3 Å². The predicted molar refractivity (Wildman–Crippen MR) is 165 cm³/mol. The van der Waals surface area contributed by atoms with Gasteiger partial charge in [-0.2, -0.15) is 4.98 Å². The highest BCUT2D eigenvalue weighted by Gasteiger charge is 2.38. The Balaban J connectivity index is 1.68. The van der Waals surface area contributed by atoms with Gasteiger partial charge in [0.25, 0.3) is 0 Å². The molecule has 0 unspecified atom stereocenters. The molecule has 2 aromatic carbocycles. The van der Waals surface area contributed by atoms with E-state index in [0.717, 1.165) is 21.9 Å². The fourth-order valence-corrected chi connectivity index (χ4v) is 7.70. The van der Waals surface area contributed by atoms with Crippen molar-refractivity contribution in [1.82, 2.24) is 14.5 Å². The zero-order valence-corrected chi connectivity index (χ0v) is 27.2. The Labute approximate surface area is 256 Å². The van der Waals surface area contributed by atoms with E-state index in [2.05, 4.69) is 20.9 Å². The van der Waals surface area contributed by atoms with E-state index in [0.29, 0.717) is 42.3 Å². The number of benzene rings is 2. The normalized spacial score (nSPS) is 20.8. The summed E-state index contributed by atoms with van der Waals surface area (Å²) in [5, 5.41) is 0.755. The first-order valence-electron chi connectivity index (χ1n) is 13.8. The molecule has 0 bridgehead atoms. The molecule has 2 aliphatic heterocycles. The number of anilines is 1. The number of halogens is 3. The lowest BCUT2D eigenvalue weighted by Gasteiger charge is -2.45. The van der Waals surface area contributed by atoms with Gasteiger partial charge in [-0.25, -0.2) is 18.4 Å². The largest absolute Gasteiger partial charge is 0.444 e. The molecule has 226 valence electrons. The van der Waals surface area contributed by atoms with Crippen LogP contribution in [0.1, 0.15) is 46.2 Å². The lowest BCUT2D eigenvalue weighted by atomic mass is 9.96. The van der Waals surface area contributed by atoms with E-state index in [1.165, 1.54) is 17.8 Å². The molecule has 42 heavy (non-hydrogen) atoms. The summed E-state index contributed by atoms with van der Waals surface area (Å²) in [6.07, 6.45) is -0.376. The maximum absolute atomic E-state index is 15.2. The van der Waals surface area contributed by atoms with Crippen molar-refractivity contribution in [3.8, 4) is 11.1 Å². The summed E-state index contributed by atoms with van der Waals surface area (Å²) < 4.78 is 42.3. The van der Waals surface area contributed by atoms with Gasteiger partial charge in [0, 0.05) is 53.4 Å². The highest BCUT2D eigenvalue weighted by molar-refractivity contribution is 9.10. The number of hydrogen-bond acceptors (Lipinski definition) is 7. The van der Waals surface area contributed by atoms with Gasteiger partial charge in [-0.05, 0) is 75.2 Å². The molecule has 1 saturated heterocycles. The van der Waals surface area contributed by atoms with E-state index in [1.807, 2.05) is 52.5 Å². The van der Waals surface area contributed by atoms with Crippen molar-refractivity contribution in [3.63, 3.8) is 0 Å². The number of methoxy groups -OCH3 is 1. The van der Waals surface area contributed by atoms with Crippen LogP contribution in [-0.2, 0) is 9.47 Å². The van der Waals surface area contributed by atoms with E-state index < -0.39 is 22.9 Å². The van der Waals surface area contributed by atoms with Crippen molar-refractivity contribution in [2.75, 3.05) is 37.5 Å². The predicted octanol–water partition coefficient (Wildman–Crippen LogP) is 6.54. The van der Waals surface area contributed by atoms with Crippen LogP contribution in [0.25, 0.3) is 22.0 Å². The average molecular weight is 666 g/mol. The van der Waals surface area contributed by atoms with E-state index >= 15 is 4.39 Å². The monoisotopic (exact) mass is 664 g/mol. The van der Waals surface area contributed by atoms with Crippen LogP contribution < -0.4 is 10.6 Å². The van der Waals surface area contributed by atoms with Crippen LogP contribution in [0.5, 0.6) is 0 Å². The highest BCUT2D eigenvalue weighted by atomic mass is 79.9. The van der Waals surface area contributed by atoms with E-state index in [1.54, 1.807) is 16.6 Å². The van der Waals surface area contributed by atoms with Crippen LogP contribution in [-0.4, -0.2) is 70.8 Å². The molecule has 3 atom stereocenters. The zero-order valence-electron chi connectivity index (χ0n) is 24.8. The number of amides is 1. The average Bonchev–Trinajstić information content (AvgIpc) is 2.87. The van der Waals surface area contributed by atoms with E-state index in [4.69, 9.17) is 9.47 Å². The number of nitrogens with zero attached hydrogens (tertiary/aromatic N) is 4. The molecule has 0 N–H and O–H groups in total. The second kappa shape index (κ2) is 11.4. The van der Waals surface area contributed by atoms with Gasteiger partial charge in [-0.3, -0.25) is 9.47 Å². The smallest absolute Gasteiger partial charge is 0.410 e. The third-order valence-corrected chi connectivity index (χ3v) is 9.43. The number of piperazine rings is 1. The number of carbonyl (C=O) groups excluding carboxylic acids is 1. The van der Waals surface area contributed by atoms with Crippen molar-refractivity contribution in [2.45, 2.75) is 70.2 Å². The summed E-state index contributed by atoms with van der Waals surface area (Å²) in [7, 11) is 1.59. The summed E-state index contributed by atoms with van der Waals surface area (Å²) in [6.45, 7) is 12.5. The summed E-state index contributed by atoms with van der Waals surface area (Å²) in [4.78, 5) is 35.9. The Bertz CT molecular complexity index is 1610. The number of carbonyl (C=O) groups is 1. The first-order chi connectivity index (χ1) is 19.7. The molecule has 3 heterocycles. The Morgan fingerprint density at radius 2 is 1.81 bits per heavy atom. The van der Waals surface area contributed by atoms with Gasteiger partial charge < -0.3 is 14.4 Å². The maximum atomic E-state index is 15.2. The zero-order chi connectivity index (χ0) is 30.7. The lowest BCUT2D eigenvalue weighted by Crippen LogP contribution is -2.60. The molecule has 3 aromatic rings. The highest BCUT2D eigenvalue weighted by Crippen LogP contribution is 2.47. The van der Waals surface area contributed by atoms with Crippen molar-refractivity contribution in [3.05, 3.63) is 50.4 Å². The molecule has 5 rings (SSSR count). The van der Waals surface area contributed by atoms with Gasteiger partial charge in [0.1, 0.15) is 23.1 Å². The van der Waals surface area contributed by atoms with Crippen LogP contribution in [0.4, 0.5) is 19.4 Å². The molecule has 12 heteroatoms. The molecule has 8 nitrogen and oxygen atoms in total. The maximum Gasteiger partial charge on any atom is 0.410 e. The fourth-order valence-electron chi connectivity index (χ4n) is 6.00. The van der Waals surface area contributed by atoms with Crippen molar-refractivity contribution in [2.24, 2.45) is 0 Å². The van der Waals surface area contributed by atoms with Crippen LogP contribution in [0.2, 0.25) is 0 Å². The Morgan fingerprint density at radius 1 is 1.14 bits per heavy atom. The van der Waals surface area contributed by atoms with Crippen molar-refractivity contribution < 1.29 is 23.0 Å². The van der Waals surface area contributed by atoms with Crippen LogP contribution >= 0.6 is 27.7 Å². The minimum Gasteiger partial charge on any atom is -0.444 e. The second-order valence-corrected chi connectivity index (χ2v) is 13.9. The number of aryl methyl sites for hydroxylation is 1. The summed E-state index contributed by atoms with van der Waals surface area (Å²) in [6, 6.07) is 3.55. The molecule has 2 aliphatic rings. The molecule has 0 radical (unpaired) electrons. The topological polar surface area (TPSA) is 76.9 Å². The van der Waals surface area contributed by atoms with Crippen LogP contribution in [0, 0.1) is 18.6 Å². The van der Waals surface area contributed by atoms with Gasteiger partial charge in [0.05, 0.1) is 34.7 Å². The van der Waals surface area contributed by atoms with E-state index in [9.17, 15) is 14.0 Å². The minimum atomic E-state index is -0.687. The lowest BCUT2D eigenvalue weighted by molar-refractivity contribution is 0.00561. The van der Waals surface area contributed by atoms with Gasteiger partial charge in [-0.1, -0.05) is 0 Å². The molecule has 1 fully saturated rings. The number of ether oxygens (including phenoxy) is 2. The number of hydrogen-bond donors (Lipinski definition) is 0. The van der Waals surface area contributed by atoms with Gasteiger partial charge in [0.15, 0.2) is 0 Å². The van der Waals surface area contributed by atoms with Gasteiger partial charge >= 0.3 is 11.8 Å². The Kier molecular flexibility index (Phi) is 8.36. The number of thioether (sulfide) groups is 1. The summed E-state index contributed by atoms with van der Waals surface area (Å²) >= 11 is 4.73. The summed E-state index contributed by atoms with van der Waals surface area (Å²) in [5.74, 6) is -0.324. The first kappa shape index (κ1) is 30.7. The van der Waals surface area contributed by atoms with Crippen molar-refractivity contribution >= 4 is 50.5 Å². The third-order valence-electron chi connectivity index (χ3n) is 7.59. The van der Waals surface area contributed by atoms with Gasteiger partial charge in [-0.15, -0.1) is 11.8 Å². The van der Waals surface area contributed by atoms with Crippen molar-refractivity contribution in [1.29, 1.82) is 0 Å². The molecule has 1 amide bonds. The fraction of sp³-hybridized carbons (Fsp3) is 0.500. The van der Waals surface area contributed by atoms with Gasteiger partial charge in [0.2, 0.25) is 0 Å². The first-order valence-corrected chi connectivity index (χ1v) is 15.6. The Hall–Kier alpha value is -2.70. The molecule has 0 saturated carbocycles. The number of rotatable bonds is 4. The quantitative estimate of drug-likeness (QED) is 0.293. The standard InChI is InChI=1S/C30H35BrF2N4O4S/c1-15-8-20-25-26(24(15)19-9-21(31)23(33)10-22(19)32)42-14-18(13-40-7)37(25)28(38)34-27(20)35-11-16(2)36(17(3)12-35)29(39)41-30(4,5)6/h8-10,16-18H,11-14H2,1-7H3/t16-,17+,18-/m0/s1. The molecule has 0 spiro atoms. The second-order valence-electron chi connectivity index (χ2n) is 12.0. The number of aromatic nitrogens is 2.